The Balaban J connectivity index is 1.65. The Hall–Kier alpha value is -3.13. The first-order valence-electron chi connectivity index (χ1n) is 8.19. The predicted octanol–water partition coefficient (Wildman–Crippen LogP) is 3.19. The number of benzene rings is 2. The van der Waals surface area contributed by atoms with E-state index in [1.54, 1.807) is 12.3 Å². The Morgan fingerprint density at radius 2 is 1.80 bits per heavy atom. The van der Waals surface area contributed by atoms with E-state index in [0.29, 0.717) is 0 Å². The zero-order chi connectivity index (χ0) is 17.8. The highest BCUT2D eigenvalue weighted by Gasteiger charge is 2.19. The van der Waals surface area contributed by atoms with Crippen LogP contribution in [0.15, 0.2) is 41.5 Å². The van der Waals surface area contributed by atoms with Crippen LogP contribution in [0.25, 0.3) is 0 Å². The smallest absolute Gasteiger partial charge is 0.254 e. The SMILES string of the molecule is Cc1cc2c(cc1C)CN(c1ccc(/C=N/NC(=O)CC#N)cc1)C2. The van der Waals surface area contributed by atoms with Gasteiger partial charge in [-0.2, -0.15) is 10.4 Å². The molecule has 1 aliphatic heterocycles. The van der Waals surface area contributed by atoms with Crippen molar-refractivity contribution in [2.75, 3.05) is 4.90 Å². The van der Waals surface area contributed by atoms with Gasteiger partial charge in [0.1, 0.15) is 6.42 Å². The fraction of sp³-hybridized carbons (Fsp3) is 0.250. The highest BCUT2D eigenvalue weighted by molar-refractivity contribution is 5.83. The van der Waals surface area contributed by atoms with Crippen LogP contribution in [-0.2, 0) is 17.9 Å². The van der Waals surface area contributed by atoms with E-state index >= 15 is 0 Å². The normalized spacial score (nSPS) is 12.9. The third-order valence-electron chi connectivity index (χ3n) is 4.44. The molecule has 2 aromatic carbocycles. The Morgan fingerprint density at radius 1 is 1.20 bits per heavy atom. The molecule has 0 fully saturated rings. The van der Waals surface area contributed by atoms with Crippen LogP contribution in [0.4, 0.5) is 5.69 Å². The molecule has 0 aliphatic carbocycles. The van der Waals surface area contributed by atoms with Gasteiger partial charge in [-0.1, -0.05) is 24.3 Å². The second-order valence-electron chi connectivity index (χ2n) is 6.28. The Kier molecular flexibility index (Phi) is 4.80. The predicted molar refractivity (Wildman–Crippen MR) is 98.2 cm³/mol. The minimum absolute atomic E-state index is 0.190. The molecule has 0 saturated carbocycles. The molecule has 3 rings (SSSR count). The van der Waals surface area contributed by atoms with Crippen LogP contribution >= 0.6 is 0 Å². The van der Waals surface area contributed by atoms with Crippen molar-refractivity contribution in [3.63, 3.8) is 0 Å². The number of nitriles is 1. The molecule has 0 saturated heterocycles. The molecule has 5 heteroatoms. The summed E-state index contributed by atoms with van der Waals surface area (Å²) < 4.78 is 0. The quantitative estimate of drug-likeness (QED) is 0.690. The molecule has 0 radical (unpaired) electrons. The molecule has 0 spiro atoms. The highest BCUT2D eigenvalue weighted by atomic mass is 16.2. The summed E-state index contributed by atoms with van der Waals surface area (Å²) in [5.41, 5.74) is 9.85. The lowest BCUT2D eigenvalue weighted by molar-refractivity contribution is -0.120. The number of carbonyl (C=O) groups is 1. The highest BCUT2D eigenvalue weighted by Crippen LogP contribution is 2.30. The number of fused-ring (bicyclic) bond motifs is 1. The maximum atomic E-state index is 11.2. The molecule has 0 atom stereocenters. The van der Waals surface area contributed by atoms with Crippen LogP contribution in [0.2, 0.25) is 0 Å². The van der Waals surface area contributed by atoms with E-state index in [4.69, 9.17) is 5.26 Å². The molecule has 126 valence electrons. The van der Waals surface area contributed by atoms with E-state index in [-0.39, 0.29) is 6.42 Å². The van der Waals surface area contributed by atoms with Crippen LogP contribution in [0, 0.1) is 25.2 Å². The lowest BCUT2D eigenvalue weighted by Gasteiger charge is -2.17. The van der Waals surface area contributed by atoms with Crippen molar-refractivity contribution in [2.24, 2.45) is 5.10 Å². The van der Waals surface area contributed by atoms with E-state index < -0.39 is 5.91 Å². The third-order valence-corrected chi connectivity index (χ3v) is 4.44. The van der Waals surface area contributed by atoms with Crippen LogP contribution in [0.5, 0.6) is 0 Å². The average molecular weight is 332 g/mol. The first kappa shape index (κ1) is 16.7. The summed E-state index contributed by atoms with van der Waals surface area (Å²) in [5, 5.41) is 12.3. The largest absolute Gasteiger partial charge is 0.363 e. The van der Waals surface area contributed by atoms with Gasteiger partial charge in [-0.05, 0) is 53.8 Å². The monoisotopic (exact) mass is 332 g/mol. The number of amides is 1. The molecule has 1 amide bonds. The van der Waals surface area contributed by atoms with Crippen molar-refractivity contribution in [2.45, 2.75) is 33.4 Å². The molecular formula is C20H20N4O. The number of hydrazone groups is 1. The fourth-order valence-electron chi connectivity index (χ4n) is 2.94. The van der Waals surface area contributed by atoms with Gasteiger partial charge in [-0.25, -0.2) is 5.43 Å². The standard InChI is InChI=1S/C20H20N4O/c1-14-9-17-12-24(13-18(17)10-15(14)2)19-5-3-16(4-6-19)11-22-23-20(25)7-8-21/h3-6,9-11H,7,12-13H2,1-2H3,(H,23,25)/b22-11+. The molecule has 25 heavy (non-hydrogen) atoms. The molecule has 0 unspecified atom stereocenters. The topological polar surface area (TPSA) is 68.5 Å². The number of aryl methyl sites for hydroxylation is 2. The second-order valence-corrected chi connectivity index (χ2v) is 6.28. The number of nitrogens with zero attached hydrogens (tertiary/aromatic N) is 3. The van der Waals surface area contributed by atoms with Gasteiger partial charge in [0, 0.05) is 18.8 Å². The van der Waals surface area contributed by atoms with Gasteiger partial charge in [0.15, 0.2) is 0 Å². The fourth-order valence-corrected chi connectivity index (χ4v) is 2.94. The van der Waals surface area contributed by atoms with Crippen LogP contribution in [0.1, 0.15) is 34.2 Å². The molecule has 0 bridgehead atoms. The molecule has 1 aliphatic rings. The van der Waals surface area contributed by atoms with E-state index in [1.807, 2.05) is 12.1 Å². The van der Waals surface area contributed by atoms with Gasteiger partial charge in [0.2, 0.25) is 0 Å². The Morgan fingerprint density at radius 3 is 2.36 bits per heavy atom. The third kappa shape index (κ3) is 3.86. The maximum Gasteiger partial charge on any atom is 0.254 e. The minimum atomic E-state index is -0.407. The number of nitrogens with one attached hydrogen (secondary N) is 1. The summed E-state index contributed by atoms with van der Waals surface area (Å²) in [6.07, 6.45) is 1.38. The van der Waals surface area contributed by atoms with Crippen molar-refractivity contribution in [3.8, 4) is 6.07 Å². The average Bonchev–Trinajstić information content (AvgIpc) is 2.99. The summed E-state index contributed by atoms with van der Waals surface area (Å²) in [5.74, 6) is -0.407. The van der Waals surface area contributed by atoms with Gasteiger partial charge >= 0.3 is 0 Å². The summed E-state index contributed by atoms with van der Waals surface area (Å²) in [6.45, 7) is 6.16. The van der Waals surface area contributed by atoms with Crippen molar-refractivity contribution >= 4 is 17.8 Å². The van der Waals surface area contributed by atoms with Gasteiger partial charge in [0.05, 0.1) is 12.3 Å². The van der Waals surface area contributed by atoms with E-state index in [2.05, 4.69) is 53.5 Å². The lowest BCUT2D eigenvalue weighted by Crippen LogP contribution is -2.16. The van der Waals surface area contributed by atoms with E-state index in [0.717, 1.165) is 24.3 Å². The summed E-state index contributed by atoms with van der Waals surface area (Å²) in [6, 6.07) is 14.4. The van der Waals surface area contributed by atoms with Crippen LogP contribution in [0.3, 0.4) is 0 Å². The Labute approximate surface area is 147 Å². The second kappa shape index (κ2) is 7.18. The van der Waals surface area contributed by atoms with Gasteiger partial charge < -0.3 is 4.90 Å². The molecular weight excluding hydrogens is 312 g/mol. The maximum absolute atomic E-state index is 11.2. The molecule has 5 nitrogen and oxygen atoms in total. The van der Waals surface area contributed by atoms with Crippen molar-refractivity contribution < 1.29 is 4.79 Å². The lowest BCUT2D eigenvalue weighted by atomic mass is 10.0. The van der Waals surface area contributed by atoms with Crippen molar-refractivity contribution in [1.82, 2.24) is 5.43 Å². The number of hydrogen-bond acceptors (Lipinski definition) is 4. The molecule has 2 aromatic rings. The number of anilines is 1. The van der Waals surface area contributed by atoms with Crippen molar-refractivity contribution in [3.05, 3.63) is 64.2 Å². The van der Waals surface area contributed by atoms with Gasteiger partial charge in [0.25, 0.3) is 5.91 Å². The number of hydrogen-bond donors (Lipinski definition) is 1. The molecule has 1 N–H and O–H groups in total. The minimum Gasteiger partial charge on any atom is -0.363 e. The van der Waals surface area contributed by atoms with Crippen LogP contribution < -0.4 is 10.3 Å². The number of carbonyl (C=O) groups excluding carboxylic acids is 1. The summed E-state index contributed by atoms with van der Waals surface area (Å²) in [4.78, 5) is 13.5. The van der Waals surface area contributed by atoms with E-state index in [1.165, 1.54) is 22.3 Å². The van der Waals surface area contributed by atoms with Crippen molar-refractivity contribution in [1.29, 1.82) is 5.26 Å². The first-order valence-corrected chi connectivity index (χ1v) is 8.19. The zero-order valence-corrected chi connectivity index (χ0v) is 14.4. The summed E-state index contributed by atoms with van der Waals surface area (Å²) >= 11 is 0. The van der Waals surface area contributed by atoms with Crippen LogP contribution in [-0.4, -0.2) is 12.1 Å². The molecule has 1 heterocycles. The van der Waals surface area contributed by atoms with Gasteiger partial charge in [-0.15, -0.1) is 0 Å². The Bertz CT molecular complexity index is 832. The summed E-state index contributed by atoms with van der Waals surface area (Å²) in [7, 11) is 0. The zero-order valence-electron chi connectivity index (χ0n) is 14.4. The van der Waals surface area contributed by atoms with E-state index in [9.17, 15) is 4.79 Å². The molecule has 0 aromatic heterocycles. The first-order chi connectivity index (χ1) is 12.1. The number of rotatable bonds is 4. The van der Waals surface area contributed by atoms with Gasteiger partial charge in [-0.3, -0.25) is 4.79 Å².